The summed E-state index contributed by atoms with van der Waals surface area (Å²) in [6, 6.07) is 7.95. The van der Waals surface area contributed by atoms with E-state index in [4.69, 9.17) is 4.74 Å². The van der Waals surface area contributed by atoms with Crippen LogP contribution in [0, 0.1) is 12.8 Å². The second-order valence-corrected chi connectivity index (χ2v) is 7.65. The van der Waals surface area contributed by atoms with Crippen LogP contribution < -0.4 is 4.74 Å². The maximum absolute atomic E-state index is 11.9. The van der Waals surface area contributed by atoms with Crippen molar-refractivity contribution in [2.45, 2.75) is 26.7 Å². The molecule has 0 amide bonds. The SMILES string of the molecule is CCS(=O)(=O)N1CCCC(COc2ccc(C)cc2)C1. The van der Waals surface area contributed by atoms with Gasteiger partial charge in [0.25, 0.3) is 0 Å². The fourth-order valence-corrected chi connectivity index (χ4v) is 3.66. The molecule has 5 heteroatoms. The molecule has 4 nitrogen and oxygen atoms in total. The molecule has 20 heavy (non-hydrogen) atoms. The lowest BCUT2D eigenvalue weighted by molar-refractivity contribution is 0.180. The van der Waals surface area contributed by atoms with Gasteiger partial charge in [-0.2, -0.15) is 0 Å². The average Bonchev–Trinajstić information content (AvgIpc) is 2.47. The van der Waals surface area contributed by atoms with Gasteiger partial charge in [0.2, 0.25) is 10.0 Å². The van der Waals surface area contributed by atoms with Gasteiger partial charge < -0.3 is 4.74 Å². The summed E-state index contributed by atoms with van der Waals surface area (Å²) in [5, 5.41) is 0. The predicted octanol–water partition coefficient (Wildman–Crippen LogP) is 2.44. The third-order valence-corrected chi connectivity index (χ3v) is 5.59. The second-order valence-electron chi connectivity index (χ2n) is 5.39. The third-order valence-electron chi connectivity index (χ3n) is 3.75. The van der Waals surface area contributed by atoms with Crippen molar-refractivity contribution in [1.82, 2.24) is 4.31 Å². The normalized spacial score (nSPS) is 20.8. The van der Waals surface area contributed by atoms with Crippen molar-refractivity contribution < 1.29 is 13.2 Å². The number of benzene rings is 1. The Bertz CT molecular complexity index is 525. The predicted molar refractivity (Wildman–Crippen MR) is 80.4 cm³/mol. The highest BCUT2D eigenvalue weighted by Crippen LogP contribution is 2.21. The molecule has 0 aromatic heterocycles. The quantitative estimate of drug-likeness (QED) is 0.838. The minimum absolute atomic E-state index is 0.179. The van der Waals surface area contributed by atoms with Crippen molar-refractivity contribution in [3.63, 3.8) is 0 Å². The highest BCUT2D eigenvalue weighted by molar-refractivity contribution is 7.89. The van der Waals surface area contributed by atoms with Gasteiger partial charge in [-0.1, -0.05) is 17.7 Å². The van der Waals surface area contributed by atoms with Crippen LogP contribution in [0.4, 0.5) is 0 Å². The van der Waals surface area contributed by atoms with Gasteiger partial charge in [-0.15, -0.1) is 0 Å². The zero-order valence-electron chi connectivity index (χ0n) is 12.2. The average molecular weight is 297 g/mol. The number of hydrogen-bond donors (Lipinski definition) is 0. The highest BCUT2D eigenvalue weighted by atomic mass is 32.2. The Morgan fingerprint density at radius 1 is 1.30 bits per heavy atom. The van der Waals surface area contributed by atoms with Crippen LogP contribution in [0.25, 0.3) is 0 Å². The zero-order valence-corrected chi connectivity index (χ0v) is 13.0. The van der Waals surface area contributed by atoms with E-state index in [-0.39, 0.29) is 11.7 Å². The highest BCUT2D eigenvalue weighted by Gasteiger charge is 2.27. The molecular formula is C15H23NO3S. The van der Waals surface area contributed by atoms with E-state index in [9.17, 15) is 8.42 Å². The van der Waals surface area contributed by atoms with Crippen LogP contribution in [0.2, 0.25) is 0 Å². The number of piperidine rings is 1. The molecule has 1 aliphatic rings. The Kier molecular flexibility index (Phi) is 5.05. The molecule has 0 N–H and O–H groups in total. The molecule has 2 rings (SSSR count). The van der Waals surface area contributed by atoms with E-state index in [1.54, 1.807) is 11.2 Å². The van der Waals surface area contributed by atoms with Gasteiger partial charge in [0.1, 0.15) is 5.75 Å². The summed E-state index contributed by atoms with van der Waals surface area (Å²) >= 11 is 0. The molecule has 0 radical (unpaired) electrons. The molecule has 1 unspecified atom stereocenters. The lowest BCUT2D eigenvalue weighted by atomic mass is 10.0. The van der Waals surface area contributed by atoms with Gasteiger partial charge in [0.15, 0.2) is 0 Å². The molecular weight excluding hydrogens is 274 g/mol. The van der Waals surface area contributed by atoms with Crippen molar-refractivity contribution in [2.75, 3.05) is 25.4 Å². The van der Waals surface area contributed by atoms with E-state index in [0.29, 0.717) is 19.7 Å². The molecule has 1 fully saturated rings. The van der Waals surface area contributed by atoms with E-state index >= 15 is 0 Å². The summed E-state index contributed by atoms with van der Waals surface area (Å²) in [5.74, 6) is 1.32. The summed E-state index contributed by atoms with van der Waals surface area (Å²) in [4.78, 5) is 0. The molecule has 112 valence electrons. The fourth-order valence-electron chi connectivity index (χ4n) is 2.45. The van der Waals surface area contributed by atoms with Gasteiger partial charge in [-0.25, -0.2) is 12.7 Å². The maximum Gasteiger partial charge on any atom is 0.213 e. The summed E-state index contributed by atoms with van der Waals surface area (Å²) in [5.41, 5.74) is 1.20. The van der Waals surface area contributed by atoms with Crippen molar-refractivity contribution in [2.24, 2.45) is 5.92 Å². The molecule has 1 aromatic rings. The minimum atomic E-state index is -3.06. The fraction of sp³-hybridized carbons (Fsp3) is 0.600. The Hall–Kier alpha value is -1.07. The van der Waals surface area contributed by atoms with Gasteiger partial charge in [-0.05, 0) is 38.8 Å². The second kappa shape index (κ2) is 6.59. The van der Waals surface area contributed by atoms with E-state index in [2.05, 4.69) is 0 Å². The summed E-state index contributed by atoms with van der Waals surface area (Å²) < 4.78 is 31.2. The first-order valence-corrected chi connectivity index (χ1v) is 8.79. The number of nitrogens with zero attached hydrogens (tertiary/aromatic N) is 1. The van der Waals surface area contributed by atoms with E-state index in [0.717, 1.165) is 18.6 Å². The monoisotopic (exact) mass is 297 g/mol. The first kappa shape index (κ1) is 15.3. The van der Waals surface area contributed by atoms with Crippen LogP contribution in [-0.4, -0.2) is 38.2 Å². The molecule has 1 aromatic carbocycles. The van der Waals surface area contributed by atoms with Crippen molar-refractivity contribution in [3.8, 4) is 5.75 Å². The molecule has 1 aliphatic heterocycles. The Morgan fingerprint density at radius 2 is 2.00 bits per heavy atom. The largest absolute Gasteiger partial charge is 0.493 e. The Morgan fingerprint density at radius 3 is 2.65 bits per heavy atom. The Balaban J connectivity index is 1.88. The molecule has 0 saturated carbocycles. The molecule has 0 aliphatic carbocycles. The van der Waals surface area contributed by atoms with Crippen LogP contribution in [0.1, 0.15) is 25.3 Å². The number of rotatable bonds is 5. The van der Waals surface area contributed by atoms with Crippen LogP contribution in [0.5, 0.6) is 5.75 Å². The number of sulfonamides is 1. The Labute approximate surface area is 121 Å². The number of ether oxygens (including phenoxy) is 1. The van der Waals surface area contributed by atoms with Crippen LogP contribution in [-0.2, 0) is 10.0 Å². The van der Waals surface area contributed by atoms with Crippen molar-refractivity contribution >= 4 is 10.0 Å². The minimum Gasteiger partial charge on any atom is -0.493 e. The lowest BCUT2D eigenvalue weighted by Gasteiger charge is -2.31. The lowest BCUT2D eigenvalue weighted by Crippen LogP contribution is -2.42. The molecule has 1 atom stereocenters. The van der Waals surface area contributed by atoms with Gasteiger partial charge in [-0.3, -0.25) is 0 Å². The standard InChI is InChI=1S/C15H23NO3S/c1-3-20(17,18)16-10-4-5-14(11-16)12-19-15-8-6-13(2)7-9-15/h6-9,14H,3-5,10-12H2,1-2H3. The third kappa shape index (κ3) is 3.96. The van der Waals surface area contributed by atoms with Gasteiger partial charge in [0.05, 0.1) is 12.4 Å². The molecule has 1 heterocycles. The van der Waals surface area contributed by atoms with E-state index in [1.807, 2.05) is 31.2 Å². The number of hydrogen-bond acceptors (Lipinski definition) is 3. The van der Waals surface area contributed by atoms with Crippen molar-refractivity contribution in [1.29, 1.82) is 0 Å². The van der Waals surface area contributed by atoms with Crippen LogP contribution in [0.3, 0.4) is 0 Å². The summed E-state index contributed by atoms with van der Waals surface area (Å²) in [6.45, 7) is 5.55. The molecule has 1 saturated heterocycles. The maximum atomic E-state index is 11.9. The molecule has 0 spiro atoms. The summed E-state index contributed by atoms with van der Waals surface area (Å²) in [7, 11) is -3.06. The first-order valence-electron chi connectivity index (χ1n) is 7.18. The number of aryl methyl sites for hydroxylation is 1. The molecule has 0 bridgehead atoms. The van der Waals surface area contributed by atoms with Crippen molar-refractivity contribution in [3.05, 3.63) is 29.8 Å². The topological polar surface area (TPSA) is 46.6 Å². The van der Waals surface area contributed by atoms with Crippen LogP contribution >= 0.6 is 0 Å². The van der Waals surface area contributed by atoms with Crippen LogP contribution in [0.15, 0.2) is 24.3 Å². The van der Waals surface area contributed by atoms with Gasteiger partial charge in [0, 0.05) is 19.0 Å². The zero-order chi connectivity index (χ0) is 14.6. The van der Waals surface area contributed by atoms with E-state index in [1.165, 1.54) is 5.56 Å². The smallest absolute Gasteiger partial charge is 0.213 e. The summed E-state index contributed by atoms with van der Waals surface area (Å²) in [6.07, 6.45) is 1.95. The van der Waals surface area contributed by atoms with Gasteiger partial charge >= 0.3 is 0 Å². The van der Waals surface area contributed by atoms with E-state index < -0.39 is 10.0 Å². The first-order chi connectivity index (χ1) is 9.51.